The SMILES string of the molecule is COc1cc(OC)c2c(c1)OC(=O)C1C3C(=O)Oc4cc(OC)cc(OC)c4C3C21. The summed E-state index contributed by atoms with van der Waals surface area (Å²) in [6.07, 6.45) is 0. The van der Waals surface area contributed by atoms with Crippen molar-refractivity contribution in [2.24, 2.45) is 11.8 Å². The summed E-state index contributed by atoms with van der Waals surface area (Å²) in [4.78, 5) is 25.6. The molecule has 0 N–H and O–H groups in total. The number of rotatable bonds is 4. The standard InChI is InChI=1S/C22H20O8/c1-25-9-5-11(27-3)15-13(7-9)29-21(23)19-17(15)18-16-12(28-4)6-10(26-2)8-14(16)30-22(24)20(18)19/h5-8,17-20H,1-4H3. The van der Waals surface area contributed by atoms with E-state index >= 15 is 0 Å². The summed E-state index contributed by atoms with van der Waals surface area (Å²) in [7, 11) is 6.15. The van der Waals surface area contributed by atoms with Gasteiger partial charge in [-0.15, -0.1) is 0 Å². The third-order valence-corrected chi connectivity index (χ3v) is 6.25. The second-order valence-corrected chi connectivity index (χ2v) is 7.43. The molecule has 3 aliphatic rings. The van der Waals surface area contributed by atoms with E-state index in [9.17, 15) is 9.59 Å². The van der Waals surface area contributed by atoms with Crippen LogP contribution in [0.25, 0.3) is 0 Å². The molecule has 0 aromatic heterocycles. The maximum absolute atomic E-state index is 12.8. The number of carbonyl (C=O) groups is 2. The van der Waals surface area contributed by atoms with Crippen LogP contribution in [-0.2, 0) is 9.59 Å². The lowest BCUT2D eigenvalue weighted by molar-refractivity contribution is -0.165. The summed E-state index contributed by atoms with van der Waals surface area (Å²) in [5, 5.41) is 0. The number of fused-ring (bicyclic) bond motifs is 8. The predicted octanol–water partition coefficient (Wildman–Crippen LogP) is 2.67. The number of methoxy groups -OCH3 is 4. The molecule has 0 amide bonds. The molecule has 0 bridgehead atoms. The average Bonchev–Trinajstić information content (AvgIpc) is 2.73. The fourth-order valence-corrected chi connectivity index (χ4v) is 4.96. The Morgan fingerprint density at radius 3 is 1.33 bits per heavy atom. The minimum atomic E-state index is -0.655. The van der Waals surface area contributed by atoms with E-state index in [1.807, 2.05) is 0 Å². The Bertz CT molecular complexity index is 990. The summed E-state index contributed by atoms with van der Waals surface area (Å²) >= 11 is 0. The van der Waals surface area contributed by atoms with Gasteiger partial charge in [-0.3, -0.25) is 9.59 Å². The molecule has 8 nitrogen and oxygen atoms in total. The second kappa shape index (κ2) is 6.55. The van der Waals surface area contributed by atoms with Crippen molar-refractivity contribution < 1.29 is 38.0 Å². The smallest absolute Gasteiger partial charge is 0.315 e. The molecule has 0 spiro atoms. The zero-order valence-corrected chi connectivity index (χ0v) is 16.9. The molecule has 0 radical (unpaired) electrons. The van der Waals surface area contributed by atoms with E-state index < -0.39 is 23.8 Å². The zero-order chi connectivity index (χ0) is 21.2. The van der Waals surface area contributed by atoms with Gasteiger partial charge in [-0.1, -0.05) is 0 Å². The van der Waals surface area contributed by atoms with Crippen LogP contribution in [0.4, 0.5) is 0 Å². The Morgan fingerprint density at radius 1 is 0.600 bits per heavy atom. The molecular weight excluding hydrogens is 392 g/mol. The molecule has 4 atom stereocenters. The summed E-state index contributed by atoms with van der Waals surface area (Å²) in [5.41, 5.74) is 1.48. The Morgan fingerprint density at radius 2 is 1.00 bits per heavy atom. The second-order valence-electron chi connectivity index (χ2n) is 7.43. The van der Waals surface area contributed by atoms with Crippen LogP contribution < -0.4 is 28.4 Å². The van der Waals surface area contributed by atoms with Crippen molar-refractivity contribution in [1.29, 1.82) is 0 Å². The van der Waals surface area contributed by atoms with Gasteiger partial charge in [0.2, 0.25) is 0 Å². The van der Waals surface area contributed by atoms with Crippen LogP contribution in [-0.4, -0.2) is 40.4 Å². The minimum absolute atomic E-state index is 0.319. The number of hydrogen-bond acceptors (Lipinski definition) is 8. The number of ether oxygens (including phenoxy) is 6. The molecule has 2 heterocycles. The van der Waals surface area contributed by atoms with Gasteiger partial charge in [0.1, 0.15) is 34.5 Å². The summed E-state index contributed by atoms with van der Waals surface area (Å²) in [6, 6.07) is 6.81. The molecule has 2 aromatic carbocycles. The van der Waals surface area contributed by atoms with Crippen molar-refractivity contribution in [2.45, 2.75) is 11.8 Å². The molecular formula is C22H20O8. The molecule has 1 fully saturated rings. The van der Waals surface area contributed by atoms with Crippen molar-refractivity contribution in [3.05, 3.63) is 35.4 Å². The molecule has 0 saturated heterocycles. The van der Waals surface area contributed by atoms with E-state index in [4.69, 9.17) is 28.4 Å². The van der Waals surface area contributed by atoms with E-state index in [0.717, 1.165) is 11.1 Å². The predicted molar refractivity (Wildman–Crippen MR) is 103 cm³/mol. The Labute approximate surface area is 172 Å². The highest BCUT2D eigenvalue weighted by atomic mass is 16.6. The first-order valence-corrected chi connectivity index (χ1v) is 9.47. The summed E-state index contributed by atoms with van der Waals surface area (Å²) in [5.74, 6) is -0.00774. The summed E-state index contributed by atoms with van der Waals surface area (Å²) < 4.78 is 32.9. The third-order valence-electron chi connectivity index (χ3n) is 6.25. The lowest BCUT2D eigenvalue weighted by Gasteiger charge is -2.53. The first-order valence-electron chi connectivity index (χ1n) is 9.47. The topological polar surface area (TPSA) is 89.5 Å². The zero-order valence-electron chi connectivity index (χ0n) is 16.9. The lowest BCUT2D eigenvalue weighted by Crippen LogP contribution is -2.57. The Kier molecular flexibility index (Phi) is 4.06. The van der Waals surface area contributed by atoms with Crippen molar-refractivity contribution in [2.75, 3.05) is 28.4 Å². The fraction of sp³-hybridized carbons (Fsp3) is 0.364. The largest absolute Gasteiger partial charge is 0.496 e. The highest BCUT2D eigenvalue weighted by Gasteiger charge is 2.66. The molecule has 8 heteroatoms. The van der Waals surface area contributed by atoms with Crippen LogP contribution in [0.2, 0.25) is 0 Å². The Hall–Kier alpha value is -3.42. The van der Waals surface area contributed by atoms with Crippen molar-refractivity contribution >= 4 is 11.9 Å². The average molecular weight is 412 g/mol. The molecule has 4 unspecified atom stereocenters. The van der Waals surface area contributed by atoms with Gasteiger partial charge in [-0.2, -0.15) is 0 Å². The van der Waals surface area contributed by atoms with Gasteiger partial charge in [0.05, 0.1) is 40.3 Å². The molecule has 30 heavy (non-hydrogen) atoms. The molecule has 156 valence electrons. The van der Waals surface area contributed by atoms with Crippen molar-refractivity contribution in [3.63, 3.8) is 0 Å². The fourth-order valence-electron chi connectivity index (χ4n) is 4.96. The van der Waals surface area contributed by atoms with Crippen molar-refractivity contribution in [3.8, 4) is 34.5 Å². The molecule has 2 aliphatic heterocycles. The molecule has 5 rings (SSSR count). The van der Waals surface area contributed by atoms with Gasteiger partial charge >= 0.3 is 11.9 Å². The molecule has 1 aliphatic carbocycles. The van der Waals surface area contributed by atoms with E-state index in [2.05, 4.69) is 0 Å². The first kappa shape index (κ1) is 18.6. The van der Waals surface area contributed by atoms with Gasteiger partial charge in [-0.05, 0) is 0 Å². The van der Waals surface area contributed by atoms with Crippen LogP contribution in [0.3, 0.4) is 0 Å². The Balaban J connectivity index is 1.72. The third kappa shape index (κ3) is 2.33. The molecule has 2 aromatic rings. The molecule has 1 saturated carbocycles. The van der Waals surface area contributed by atoms with E-state index in [1.165, 1.54) is 14.2 Å². The number of benzene rings is 2. The van der Waals surface area contributed by atoms with E-state index in [-0.39, 0.29) is 11.8 Å². The van der Waals surface area contributed by atoms with Gasteiger partial charge in [0, 0.05) is 47.2 Å². The van der Waals surface area contributed by atoms with Crippen LogP contribution >= 0.6 is 0 Å². The van der Waals surface area contributed by atoms with Gasteiger partial charge in [0.25, 0.3) is 0 Å². The highest BCUT2D eigenvalue weighted by molar-refractivity contribution is 5.93. The quantitative estimate of drug-likeness (QED) is 0.559. The monoisotopic (exact) mass is 412 g/mol. The lowest BCUT2D eigenvalue weighted by atomic mass is 9.50. The summed E-state index contributed by atoms with van der Waals surface area (Å²) in [6.45, 7) is 0. The van der Waals surface area contributed by atoms with Gasteiger partial charge < -0.3 is 28.4 Å². The number of carbonyl (C=O) groups excluding carboxylic acids is 2. The van der Waals surface area contributed by atoms with Crippen LogP contribution in [0.5, 0.6) is 34.5 Å². The normalized spacial score (nSPS) is 25.3. The van der Waals surface area contributed by atoms with E-state index in [0.29, 0.717) is 34.5 Å². The van der Waals surface area contributed by atoms with Crippen LogP contribution in [0.15, 0.2) is 24.3 Å². The van der Waals surface area contributed by atoms with Crippen LogP contribution in [0, 0.1) is 11.8 Å². The van der Waals surface area contributed by atoms with Gasteiger partial charge in [0.15, 0.2) is 0 Å². The number of hydrogen-bond donors (Lipinski definition) is 0. The maximum atomic E-state index is 12.8. The first-order chi connectivity index (χ1) is 14.5. The highest BCUT2D eigenvalue weighted by Crippen LogP contribution is 2.67. The minimum Gasteiger partial charge on any atom is -0.496 e. The van der Waals surface area contributed by atoms with Crippen LogP contribution in [0.1, 0.15) is 23.0 Å². The van der Waals surface area contributed by atoms with Crippen molar-refractivity contribution in [1.82, 2.24) is 0 Å². The maximum Gasteiger partial charge on any atom is 0.315 e. The number of esters is 2. The van der Waals surface area contributed by atoms with Gasteiger partial charge in [-0.25, -0.2) is 0 Å². The van der Waals surface area contributed by atoms with E-state index in [1.54, 1.807) is 38.5 Å².